The number of carbonyl (C=O) groups is 1. The monoisotopic (exact) mass is 578 g/mol. The fourth-order valence-corrected chi connectivity index (χ4v) is 5.98. The van der Waals surface area contributed by atoms with E-state index in [-0.39, 0.29) is 33.6 Å². The second-order valence-electron chi connectivity index (χ2n) is 8.61. The lowest BCUT2D eigenvalue weighted by Gasteiger charge is -2.28. The van der Waals surface area contributed by atoms with Gasteiger partial charge in [0.2, 0.25) is 5.91 Å². The SMILES string of the molecule is O=C(CSc1nc2ccc(N=Cc3ccc(N4CCOCC4)c([N+](=O)[O-])c3)cc2s1)Nc1ccccc1[N+](=O)[O-]. The molecule has 0 saturated carbocycles. The fraction of sp³-hybridized carbons (Fsp3) is 0.192. The Morgan fingerprint density at radius 3 is 2.62 bits per heavy atom. The third-order valence-electron chi connectivity index (χ3n) is 5.96. The summed E-state index contributed by atoms with van der Waals surface area (Å²) < 4.78 is 6.88. The highest BCUT2D eigenvalue weighted by Gasteiger charge is 2.21. The van der Waals surface area contributed by atoms with Gasteiger partial charge in [0.05, 0.1) is 44.7 Å². The minimum Gasteiger partial charge on any atom is -0.378 e. The Labute approximate surface area is 236 Å². The number of thioether (sulfide) groups is 1. The first-order valence-corrected chi connectivity index (χ1v) is 13.9. The summed E-state index contributed by atoms with van der Waals surface area (Å²) in [4.78, 5) is 45.3. The number of ether oxygens (including phenoxy) is 1. The van der Waals surface area contributed by atoms with Crippen molar-refractivity contribution < 1.29 is 19.4 Å². The number of nitrogens with one attached hydrogen (secondary N) is 1. The van der Waals surface area contributed by atoms with Gasteiger partial charge in [-0.1, -0.05) is 30.0 Å². The molecule has 1 aliphatic heterocycles. The Balaban J connectivity index is 1.25. The highest BCUT2D eigenvalue weighted by atomic mass is 32.2. The van der Waals surface area contributed by atoms with Gasteiger partial charge in [-0.15, -0.1) is 11.3 Å². The molecule has 0 spiro atoms. The molecule has 204 valence electrons. The van der Waals surface area contributed by atoms with E-state index in [0.717, 1.165) is 10.2 Å². The average Bonchev–Trinajstić information content (AvgIpc) is 3.38. The zero-order chi connectivity index (χ0) is 28.1. The van der Waals surface area contributed by atoms with Crippen molar-refractivity contribution in [2.24, 2.45) is 4.99 Å². The van der Waals surface area contributed by atoms with Gasteiger partial charge in [-0.2, -0.15) is 0 Å². The molecule has 0 atom stereocenters. The van der Waals surface area contributed by atoms with E-state index in [0.29, 0.717) is 47.6 Å². The lowest BCUT2D eigenvalue weighted by atomic mass is 10.1. The van der Waals surface area contributed by atoms with E-state index in [1.54, 1.807) is 30.5 Å². The molecule has 1 N–H and O–H groups in total. The third kappa shape index (κ3) is 6.42. The lowest BCUT2D eigenvalue weighted by Crippen LogP contribution is -2.36. The molecular formula is C26H22N6O6S2. The lowest BCUT2D eigenvalue weighted by molar-refractivity contribution is -0.384. The first-order valence-electron chi connectivity index (χ1n) is 12.1. The van der Waals surface area contributed by atoms with Crippen molar-refractivity contribution in [3.8, 4) is 0 Å². The predicted octanol–water partition coefficient (Wildman–Crippen LogP) is 5.43. The predicted molar refractivity (Wildman–Crippen MR) is 155 cm³/mol. The van der Waals surface area contributed by atoms with Crippen LogP contribution in [0, 0.1) is 20.2 Å². The summed E-state index contributed by atoms with van der Waals surface area (Å²) >= 11 is 2.63. The molecule has 5 rings (SSSR count). The Kier molecular flexibility index (Phi) is 8.28. The molecule has 1 aromatic heterocycles. The van der Waals surface area contributed by atoms with Gasteiger partial charge in [-0.25, -0.2) is 4.98 Å². The highest BCUT2D eigenvalue weighted by molar-refractivity contribution is 8.01. The normalized spacial score (nSPS) is 13.6. The van der Waals surface area contributed by atoms with Crippen molar-refractivity contribution in [2.45, 2.75) is 4.34 Å². The van der Waals surface area contributed by atoms with Gasteiger partial charge in [0, 0.05) is 31.4 Å². The van der Waals surface area contributed by atoms with Gasteiger partial charge >= 0.3 is 0 Å². The number of hydrogen-bond donors (Lipinski definition) is 1. The molecule has 2 heterocycles. The number of anilines is 2. The van der Waals surface area contributed by atoms with Crippen LogP contribution < -0.4 is 10.2 Å². The number of para-hydroxylation sites is 2. The Morgan fingerprint density at radius 1 is 1.07 bits per heavy atom. The standard InChI is InChI=1S/C26H22N6O6S2/c33-25(28-19-3-1-2-4-21(19)31(34)35)16-39-26-29-20-7-6-18(14-24(20)40-26)27-15-17-5-8-22(23(13-17)32(36)37)30-9-11-38-12-10-30/h1-8,13-15H,9-12,16H2,(H,28,33). The van der Waals surface area contributed by atoms with Crippen molar-refractivity contribution >= 4 is 73.9 Å². The van der Waals surface area contributed by atoms with E-state index < -0.39 is 4.92 Å². The first kappa shape index (κ1) is 27.2. The van der Waals surface area contributed by atoms with E-state index in [1.807, 2.05) is 17.0 Å². The van der Waals surface area contributed by atoms with Crippen LogP contribution in [0.5, 0.6) is 0 Å². The molecular weight excluding hydrogens is 556 g/mol. The van der Waals surface area contributed by atoms with Crippen LogP contribution in [-0.2, 0) is 9.53 Å². The van der Waals surface area contributed by atoms with E-state index in [1.165, 1.54) is 47.4 Å². The number of fused-ring (bicyclic) bond motifs is 1. The molecule has 0 bridgehead atoms. The summed E-state index contributed by atoms with van der Waals surface area (Å²) in [6.07, 6.45) is 1.58. The number of nitro benzene ring substituents is 2. The summed E-state index contributed by atoms with van der Waals surface area (Å²) in [5.41, 5.74) is 2.57. The topological polar surface area (TPSA) is 153 Å². The number of aromatic nitrogens is 1. The molecule has 1 fully saturated rings. The van der Waals surface area contributed by atoms with Crippen LogP contribution in [0.15, 0.2) is 70.0 Å². The Bertz CT molecular complexity index is 1620. The maximum absolute atomic E-state index is 12.4. The van der Waals surface area contributed by atoms with E-state index in [2.05, 4.69) is 15.3 Å². The summed E-state index contributed by atoms with van der Waals surface area (Å²) in [5.74, 6) is -0.339. The van der Waals surface area contributed by atoms with Crippen molar-refractivity contribution in [3.05, 3.63) is 86.5 Å². The van der Waals surface area contributed by atoms with Crippen LogP contribution in [0.25, 0.3) is 10.2 Å². The number of thiazole rings is 1. The maximum atomic E-state index is 12.4. The minimum absolute atomic E-state index is 0.0244. The van der Waals surface area contributed by atoms with Crippen LogP contribution in [0.1, 0.15) is 5.56 Å². The number of hydrogen-bond acceptors (Lipinski definition) is 11. The number of amides is 1. The van der Waals surface area contributed by atoms with Gasteiger partial charge in [0.15, 0.2) is 4.34 Å². The van der Waals surface area contributed by atoms with Crippen molar-refractivity contribution in [3.63, 3.8) is 0 Å². The zero-order valence-corrected chi connectivity index (χ0v) is 22.5. The quantitative estimate of drug-likeness (QED) is 0.118. The van der Waals surface area contributed by atoms with Crippen LogP contribution >= 0.6 is 23.1 Å². The van der Waals surface area contributed by atoms with Crippen LogP contribution in [-0.4, -0.2) is 59.0 Å². The van der Waals surface area contributed by atoms with Gasteiger partial charge in [-0.3, -0.25) is 30.0 Å². The number of nitrogens with zero attached hydrogens (tertiary/aromatic N) is 5. The minimum atomic E-state index is -0.544. The largest absolute Gasteiger partial charge is 0.378 e. The van der Waals surface area contributed by atoms with Gasteiger partial charge in [0.1, 0.15) is 11.4 Å². The number of aliphatic imine (C=N–C) groups is 1. The van der Waals surface area contributed by atoms with Gasteiger partial charge in [-0.05, 0) is 35.9 Å². The molecule has 0 aliphatic carbocycles. The van der Waals surface area contributed by atoms with Crippen LogP contribution in [0.2, 0.25) is 0 Å². The second kappa shape index (κ2) is 12.2. The molecule has 1 amide bonds. The van der Waals surface area contributed by atoms with Crippen molar-refractivity contribution in [1.29, 1.82) is 0 Å². The second-order valence-corrected chi connectivity index (χ2v) is 10.9. The molecule has 1 saturated heterocycles. The number of rotatable bonds is 9. The van der Waals surface area contributed by atoms with E-state index in [9.17, 15) is 25.0 Å². The zero-order valence-electron chi connectivity index (χ0n) is 20.9. The van der Waals surface area contributed by atoms with Gasteiger partial charge in [0.25, 0.3) is 11.4 Å². The number of carbonyl (C=O) groups excluding carboxylic acids is 1. The van der Waals surface area contributed by atoms with Crippen molar-refractivity contribution in [1.82, 2.24) is 4.98 Å². The van der Waals surface area contributed by atoms with Crippen molar-refractivity contribution in [2.75, 3.05) is 42.3 Å². The average molecular weight is 579 g/mol. The number of benzene rings is 3. The molecule has 12 nitrogen and oxygen atoms in total. The summed E-state index contributed by atoms with van der Waals surface area (Å²) in [6.45, 7) is 2.27. The maximum Gasteiger partial charge on any atom is 0.293 e. The number of nitro groups is 2. The molecule has 40 heavy (non-hydrogen) atoms. The van der Waals surface area contributed by atoms with E-state index >= 15 is 0 Å². The summed E-state index contributed by atoms with van der Waals surface area (Å²) in [6, 6.07) is 16.5. The van der Waals surface area contributed by atoms with Gasteiger partial charge < -0.3 is 15.0 Å². The van der Waals surface area contributed by atoms with E-state index in [4.69, 9.17) is 4.74 Å². The molecule has 1 aliphatic rings. The summed E-state index contributed by atoms with van der Waals surface area (Å²) in [7, 11) is 0. The summed E-state index contributed by atoms with van der Waals surface area (Å²) in [5, 5.41) is 25.4. The third-order valence-corrected chi connectivity index (χ3v) is 8.13. The number of morpholine rings is 1. The smallest absolute Gasteiger partial charge is 0.293 e. The first-order chi connectivity index (χ1) is 19.4. The molecule has 0 radical (unpaired) electrons. The highest BCUT2D eigenvalue weighted by Crippen LogP contribution is 2.33. The molecule has 0 unspecified atom stereocenters. The van der Waals surface area contributed by atoms with Crippen LogP contribution in [0.3, 0.4) is 0 Å². The molecule has 3 aromatic carbocycles. The Hall–Kier alpha value is -4.40. The molecule has 14 heteroatoms. The van der Waals surface area contributed by atoms with Crippen LogP contribution in [0.4, 0.5) is 28.4 Å². The molecule has 4 aromatic rings. The fourth-order valence-electron chi connectivity index (χ4n) is 4.07. The Morgan fingerprint density at radius 2 is 1.85 bits per heavy atom.